The van der Waals surface area contributed by atoms with E-state index in [-0.39, 0.29) is 40.8 Å². The maximum atomic E-state index is 12.5. The van der Waals surface area contributed by atoms with Gasteiger partial charge in [-0.3, -0.25) is 4.79 Å². The van der Waals surface area contributed by atoms with E-state index >= 15 is 0 Å². The number of rotatable bonds is 8. The Morgan fingerprint density at radius 2 is 1.79 bits per heavy atom. The van der Waals surface area contributed by atoms with Gasteiger partial charge < -0.3 is 10.1 Å². The SMILES string of the molecule is O=C(COc1ccc(S(=O)(=O)NCc2ccccc2)cc1Cl)NC1CCCCC1. The van der Waals surface area contributed by atoms with Crippen LogP contribution in [0.1, 0.15) is 37.7 Å². The summed E-state index contributed by atoms with van der Waals surface area (Å²) < 4.78 is 33.0. The van der Waals surface area contributed by atoms with Crippen LogP contribution in [0.15, 0.2) is 53.4 Å². The topological polar surface area (TPSA) is 84.5 Å². The summed E-state index contributed by atoms with van der Waals surface area (Å²) in [6, 6.07) is 13.6. The van der Waals surface area contributed by atoms with Gasteiger partial charge in [0.1, 0.15) is 5.75 Å². The zero-order valence-corrected chi connectivity index (χ0v) is 17.6. The Bertz CT molecular complexity index is 929. The number of benzene rings is 2. The van der Waals surface area contributed by atoms with Crippen molar-refractivity contribution in [1.29, 1.82) is 0 Å². The molecule has 0 spiro atoms. The Labute approximate surface area is 176 Å². The van der Waals surface area contributed by atoms with E-state index in [4.69, 9.17) is 16.3 Å². The Morgan fingerprint density at radius 3 is 2.48 bits per heavy atom. The van der Waals surface area contributed by atoms with Gasteiger partial charge in [0, 0.05) is 12.6 Å². The first-order chi connectivity index (χ1) is 13.9. The van der Waals surface area contributed by atoms with Crippen molar-refractivity contribution in [3.63, 3.8) is 0 Å². The fraction of sp³-hybridized carbons (Fsp3) is 0.381. The molecule has 0 unspecified atom stereocenters. The van der Waals surface area contributed by atoms with Crippen molar-refractivity contribution in [1.82, 2.24) is 10.0 Å². The lowest BCUT2D eigenvalue weighted by Crippen LogP contribution is -2.39. The van der Waals surface area contributed by atoms with Crippen LogP contribution in [0.2, 0.25) is 5.02 Å². The third-order valence-corrected chi connectivity index (χ3v) is 6.55. The van der Waals surface area contributed by atoms with Gasteiger partial charge in [0.05, 0.1) is 9.92 Å². The number of hydrogen-bond donors (Lipinski definition) is 2. The maximum Gasteiger partial charge on any atom is 0.258 e. The van der Waals surface area contributed by atoms with Gasteiger partial charge in [-0.1, -0.05) is 61.2 Å². The summed E-state index contributed by atoms with van der Waals surface area (Å²) in [6.07, 6.45) is 5.47. The summed E-state index contributed by atoms with van der Waals surface area (Å²) in [4.78, 5) is 12.1. The predicted octanol–water partition coefficient (Wildman–Crippen LogP) is 3.65. The molecule has 0 heterocycles. The Balaban J connectivity index is 1.55. The number of carbonyl (C=O) groups is 1. The monoisotopic (exact) mass is 436 g/mol. The molecule has 3 rings (SSSR count). The van der Waals surface area contributed by atoms with E-state index in [0.717, 1.165) is 31.2 Å². The lowest BCUT2D eigenvalue weighted by atomic mass is 9.95. The number of nitrogens with one attached hydrogen (secondary N) is 2. The van der Waals surface area contributed by atoms with Crippen molar-refractivity contribution in [2.24, 2.45) is 0 Å². The molecule has 1 amide bonds. The van der Waals surface area contributed by atoms with Gasteiger partial charge in [-0.05, 0) is 36.6 Å². The normalized spacial score (nSPS) is 15.1. The second-order valence-corrected chi connectivity index (χ2v) is 9.27. The summed E-state index contributed by atoms with van der Waals surface area (Å²) in [5.74, 6) is 0.0710. The zero-order chi connectivity index (χ0) is 20.7. The predicted molar refractivity (Wildman–Crippen MR) is 112 cm³/mol. The van der Waals surface area contributed by atoms with Gasteiger partial charge in [-0.2, -0.15) is 0 Å². The van der Waals surface area contributed by atoms with Crippen LogP contribution in [0.4, 0.5) is 0 Å². The first-order valence-electron chi connectivity index (χ1n) is 9.69. The third-order valence-electron chi connectivity index (χ3n) is 4.85. The number of carbonyl (C=O) groups excluding carboxylic acids is 1. The van der Waals surface area contributed by atoms with Crippen LogP contribution in [-0.2, 0) is 21.4 Å². The first kappa shape index (κ1) is 21.6. The van der Waals surface area contributed by atoms with E-state index in [1.165, 1.54) is 24.6 Å². The fourth-order valence-electron chi connectivity index (χ4n) is 3.28. The maximum absolute atomic E-state index is 12.5. The minimum Gasteiger partial charge on any atom is -0.482 e. The summed E-state index contributed by atoms with van der Waals surface area (Å²) in [6.45, 7) is 0.0228. The van der Waals surface area contributed by atoms with Crippen LogP contribution < -0.4 is 14.8 Å². The molecule has 6 nitrogen and oxygen atoms in total. The molecular weight excluding hydrogens is 412 g/mol. The van der Waals surface area contributed by atoms with E-state index in [1.807, 2.05) is 30.3 Å². The minimum atomic E-state index is -3.72. The smallest absolute Gasteiger partial charge is 0.258 e. The van der Waals surface area contributed by atoms with Crippen molar-refractivity contribution >= 4 is 27.5 Å². The van der Waals surface area contributed by atoms with Crippen LogP contribution in [0, 0.1) is 0 Å². The van der Waals surface area contributed by atoms with Crippen molar-refractivity contribution in [2.75, 3.05) is 6.61 Å². The van der Waals surface area contributed by atoms with E-state index in [9.17, 15) is 13.2 Å². The molecule has 0 aromatic heterocycles. The average molecular weight is 437 g/mol. The molecule has 1 aliphatic carbocycles. The highest BCUT2D eigenvalue weighted by Gasteiger charge is 2.18. The Hall–Kier alpha value is -2.09. The number of halogens is 1. The van der Waals surface area contributed by atoms with Crippen LogP contribution in [0.25, 0.3) is 0 Å². The third kappa shape index (κ3) is 6.45. The molecule has 29 heavy (non-hydrogen) atoms. The quantitative estimate of drug-likeness (QED) is 0.661. The lowest BCUT2D eigenvalue weighted by molar-refractivity contribution is -0.124. The molecule has 8 heteroatoms. The fourth-order valence-corrected chi connectivity index (χ4v) is 4.63. The molecule has 1 fully saturated rings. The average Bonchev–Trinajstić information content (AvgIpc) is 2.73. The number of hydrogen-bond acceptors (Lipinski definition) is 4. The van der Waals surface area contributed by atoms with Crippen molar-refractivity contribution < 1.29 is 17.9 Å². The summed E-state index contributed by atoms with van der Waals surface area (Å²) >= 11 is 6.18. The van der Waals surface area contributed by atoms with Crippen molar-refractivity contribution in [3.05, 3.63) is 59.1 Å². The molecule has 0 atom stereocenters. The van der Waals surface area contributed by atoms with E-state index < -0.39 is 10.0 Å². The Kier molecular flexibility index (Phi) is 7.52. The highest BCUT2D eigenvalue weighted by molar-refractivity contribution is 7.89. The molecule has 0 radical (unpaired) electrons. The van der Waals surface area contributed by atoms with Crippen LogP contribution in [-0.4, -0.2) is 27.0 Å². The van der Waals surface area contributed by atoms with Crippen LogP contribution in [0.5, 0.6) is 5.75 Å². The number of sulfonamides is 1. The van der Waals surface area contributed by atoms with E-state index in [1.54, 1.807) is 0 Å². The molecule has 156 valence electrons. The standard InChI is InChI=1S/C21H25ClN2O4S/c22-19-13-18(29(26,27)23-14-16-7-3-1-4-8-16)11-12-20(19)28-15-21(25)24-17-9-5-2-6-10-17/h1,3-4,7-8,11-13,17,23H,2,5-6,9-10,14-15H2,(H,24,25). The molecule has 0 aliphatic heterocycles. The number of amides is 1. The minimum absolute atomic E-state index is 0.0393. The van der Waals surface area contributed by atoms with Gasteiger partial charge in [0.2, 0.25) is 10.0 Å². The van der Waals surface area contributed by atoms with Gasteiger partial charge in [0.25, 0.3) is 5.91 Å². The number of ether oxygens (including phenoxy) is 1. The molecule has 2 N–H and O–H groups in total. The summed E-state index contributed by atoms with van der Waals surface area (Å²) in [5.41, 5.74) is 0.853. The van der Waals surface area contributed by atoms with E-state index in [2.05, 4.69) is 10.0 Å². The van der Waals surface area contributed by atoms with Crippen LogP contribution in [0.3, 0.4) is 0 Å². The van der Waals surface area contributed by atoms with Crippen LogP contribution >= 0.6 is 11.6 Å². The van der Waals surface area contributed by atoms with Gasteiger partial charge in [-0.15, -0.1) is 0 Å². The van der Waals surface area contributed by atoms with Gasteiger partial charge >= 0.3 is 0 Å². The van der Waals surface area contributed by atoms with Crippen molar-refractivity contribution in [3.8, 4) is 5.75 Å². The molecule has 0 bridgehead atoms. The largest absolute Gasteiger partial charge is 0.482 e. The van der Waals surface area contributed by atoms with Gasteiger partial charge in [0.15, 0.2) is 6.61 Å². The lowest BCUT2D eigenvalue weighted by Gasteiger charge is -2.22. The molecular formula is C21H25ClN2O4S. The Morgan fingerprint density at radius 1 is 1.07 bits per heavy atom. The molecule has 2 aromatic carbocycles. The first-order valence-corrected chi connectivity index (χ1v) is 11.6. The van der Waals surface area contributed by atoms with E-state index in [0.29, 0.717) is 0 Å². The molecule has 2 aromatic rings. The zero-order valence-electron chi connectivity index (χ0n) is 16.1. The molecule has 0 saturated heterocycles. The molecule has 1 aliphatic rings. The molecule has 1 saturated carbocycles. The van der Waals surface area contributed by atoms with Gasteiger partial charge in [-0.25, -0.2) is 13.1 Å². The summed E-state index contributed by atoms with van der Waals surface area (Å²) in [7, 11) is -3.72. The highest BCUT2D eigenvalue weighted by Crippen LogP contribution is 2.27. The second kappa shape index (κ2) is 10.1. The summed E-state index contributed by atoms with van der Waals surface area (Å²) in [5, 5.41) is 3.10. The van der Waals surface area contributed by atoms with Crippen molar-refractivity contribution in [2.45, 2.75) is 49.6 Å². The highest BCUT2D eigenvalue weighted by atomic mass is 35.5. The second-order valence-electron chi connectivity index (χ2n) is 7.09.